The van der Waals surface area contributed by atoms with Crippen LogP contribution in [-0.4, -0.2) is 85.5 Å². The molecule has 1 unspecified atom stereocenters. The zero-order valence-electron chi connectivity index (χ0n) is 21.2. The summed E-state index contributed by atoms with van der Waals surface area (Å²) in [6.45, 7) is 4.19. The van der Waals surface area contributed by atoms with E-state index in [1.165, 1.54) is 0 Å². The minimum Gasteiger partial charge on any atom is -0.369 e. The first-order valence-electron chi connectivity index (χ1n) is 12.8. The van der Waals surface area contributed by atoms with Gasteiger partial charge in [0.05, 0.1) is 0 Å². The average molecular weight is 533 g/mol. The highest BCUT2D eigenvalue weighted by atomic mass is 19.3. The van der Waals surface area contributed by atoms with Crippen molar-refractivity contribution in [3.63, 3.8) is 0 Å². The molecule has 0 aliphatic carbocycles. The number of anilines is 4. The van der Waals surface area contributed by atoms with Crippen molar-refractivity contribution >= 4 is 35.3 Å². The van der Waals surface area contributed by atoms with Crippen LogP contribution in [0.15, 0.2) is 24.3 Å². The summed E-state index contributed by atoms with van der Waals surface area (Å²) in [6.07, 6.45) is 4.45. The predicted molar refractivity (Wildman–Crippen MR) is 141 cm³/mol. The van der Waals surface area contributed by atoms with Crippen molar-refractivity contribution < 1.29 is 23.7 Å². The summed E-state index contributed by atoms with van der Waals surface area (Å²) in [5.74, 6) is 0.0424. The lowest BCUT2D eigenvalue weighted by Gasteiger charge is -2.36. The first-order valence-corrected chi connectivity index (χ1v) is 12.8. The van der Waals surface area contributed by atoms with Gasteiger partial charge in [-0.1, -0.05) is 12.8 Å². The van der Waals surface area contributed by atoms with E-state index >= 15 is 0 Å². The minimum atomic E-state index is -0.961. The quantitative estimate of drug-likeness (QED) is 0.374. The van der Waals surface area contributed by atoms with Crippen LogP contribution in [0.3, 0.4) is 0 Å². The molecule has 2 fully saturated rings. The molecule has 2 saturated heterocycles. The second kappa shape index (κ2) is 13.4. The van der Waals surface area contributed by atoms with Crippen LogP contribution >= 0.6 is 0 Å². The van der Waals surface area contributed by atoms with Gasteiger partial charge in [-0.3, -0.25) is 9.69 Å². The molecule has 1 amide bonds. The van der Waals surface area contributed by atoms with Crippen molar-refractivity contribution in [2.24, 2.45) is 5.73 Å². The van der Waals surface area contributed by atoms with E-state index in [0.717, 1.165) is 50.7 Å². The Hall–Kier alpha value is -3.42. The summed E-state index contributed by atoms with van der Waals surface area (Å²) >= 11 is 0. The largest absolute Gasteiger partial charge is 0.369 e. The molecule has 0 saturated carbocycles. The molecule has 11 nitrogen and oxygen atoms in total. The van der Waals surface area contributed by atoms with Crippen LogP contribution in [0.5, 0.6) is 0 Å². The summed E-state index contributed by atoms with van der Waals surface area (Å²) in [4.78, 5) is 34.9. The molecule has 2 aliphatic heterocycles. The molecule has 0 spiro atoms. The third-order valence-corrected chi connectivity index (χ3v) is 6.90. The molecular formula is C25H34F2N8O3. The predicted octanol–water partition coefficient (Wildman–Crippen LogP) is 2.99. The van der Waals surface area contributed by atoms with Gasteiger partial charge < -0.3 is 26.3 Å². The van der Waals surface area contributed by atoms with E-state index in [-0.39, 0.29) is 23.6 Å². The Labute approximate surface area is 220 Å². The highest BCUT2D eigenvalue weighted by Crippen LogP contribution is 2.27. The molecule has 1 aromatic heterocycles. The number of carbonyl (C=O) groups is 1. The number of hydrogen-bond donors (Lipinski definition) is 3. The van der Waals surface area contributed by atoms with E-state index < -0.39 is 18.6 Å². The van der Waals surface area contributed by atoms with Gasteiger partial charge in [0.1, 0.15) is 29.8 Å². The van der Waals surface area contributed by atoms with Gasteiger partial charge in [-0.05, 0) is 46.2 Å². The van der Waals surface area contributed by atoms with Gasteiger partial charge in [0.2, 0.25) is 5.95 Å². The van der Waals surface area contributed by atoms with Gasteiger partial charge in [-0.2, -0.15) is 14.9 Å². The number of hydrogen-bond acceptors (Lipinski definition) is 10. The van der Waals surface area contributed by atoms with E-state index in [1.54, 1.807) is 0 Å². The lowest BCUT2D eigenvalue weighted by atomic mass is 10.2. The van der Waals surface area contributed by atoms with Crippen LogP contribution in [0.4, 0.5) is 32.2 Å². The van der Waals surface area contributed by atoms with Gasteiger partial charge in [0, 0.05) is 63.4 Å². The Morgan fingerprint density at radius 3 is 2.29 bits per heavy atom. The van der Waals surface area contributed by atoms with E-state index in [4.69, 9.17) is 11.1 Å². The molecule has 4 N–H and O–H groups in total. The summed E-state index contributed by atoms with van der Waals surface area (Å²) in [5, 5.41) is 11.0. The number of carbonyl (C=O) groups excluding carboxylic acids is 1. The van der Waals surface area contributed by atoms with Crippen LogP contribution in [0.2, 0.25) is 0 Å². The number of nitrogens with zero attached hydrogens (tertiary/aromatic N) is 5. The van der Waals surface area contributed by atoms with E-state index in [0.29, 0.717) is 37.8 Å². The van der Waals surface area contributed by atoms with Gasteiger partial charge in [-0.15, -0.1) is 0 Å². The third kappa shape index (κ3) is 6.91. The summed E-state index contributed by atoms with van der Waals surface area (Å²) < 4.78 is 24.6. The molecule has 13 heteroatoms. The summed E-state index contributed by atoms with van der Waals surface area (Å²) in [6, 6.07) is 7.69. The standard InChI is InChI=1S/C25H34F2N8O3/c26-37-17-20(38-27)16-33-11-13-34(14-12-33)19-7-5-18(6-8-19)30-24-22(23(29)36)21(15-28)31-25(32-24)35-9-3-1-2-4-10-35/h5-8,15,20,28H,1-4,9-14,16-17H2,(H2,29,36)(H,30,31,32). The van der Waals surface area contributed by atoms with Crippen LogP contribution < -0.4 is 20.9 Å². The lowest BCUT2D eigenvalue weighted by molar-refractivity contribution is -0.237. The SMILES string of the molecule is N=Cc1nc(N2CCCCCC2)nc(Nc2ccc(N3CCN(CC(COF)OF)CC3)cc2)c1C(N)=O. The van der Waals surface area contributed by atoms with Gasteiger partial charge in [0.25, 0.3) is 5.91 Å². The Bertz CT molecular complexity index is 1080. The van der Waals surface area contributed by atoms with Crippen LogP contribution in [0, 0.1) is 5.41 Å². The highest BCUT2D eigenvalue weighted by molar-refractivity contribution is 6.04. The molecule has 0 radical (unpaired) electrons. The summed E-state index contributed by atoms with van der Waals surface area (Å²) in [7, 11) is 0. The maximum atomic E-state index is 12.5. The average Bonchev–Trinajstić information content (AvgIpc) is 3.23. The van der Waals surface area contributed by atoms with Gasteiger partial charge >= 0.3 is 0 Å². The molecule has 1 atom stereocenters. The molecule has 1 aromatic carbocycles. The van der Waals surface area contributed by atoms with Crippen LogP contribution in [0.25, 0.3) is 0 Å². The Kier molecular flexibility index (Phi) is 9.73. The zero-order chi connectivity index (χ0) is 26.9. The fraction of sp³-hybridized carbons (Fsp3) is 0.520. The molecule has 38 heavy (non-hydrogen) atoms. The van der Waals surface area contributed by atoms with Crippen molar-refractivity contribution in [1.29, 1.82) is 5.41 Å². The normalized spacial score (nSPS) is 17.6. The number of amides is 1. The van der Waals surface area contributed by atoms with Crippen molar-refractivity contribution in [2.75, 3.05) is 67.5 Å². The summed E-state index contributed by atoms with van der Waals surface area (Å²) in [5.41, 5.74) is 7.62. The Morgan fingerprint density at radius 2 is 1.71 bits per heavy atom. The maximum Gasteiger partial charge on any atom is 0.254 e. The fourth-order valence-corrected chi connectivity index (χ4v) is 4.86. The molecular weight excluding hydrogens is 498 g/mol. The second-order valence-electron chi connectivity index (χ2n) is 9.49. The number of primary amides is 1. The third-order valence-electron chi connectivity index (χ3n) is 6.90. The smallest absolute Gasteiger partial charge is 0.254 e. The first kappa shape index (κ1) is 27.6. The fourth-order valence-electron chi connectivity index (χ4n) is 4.86. The minimum absolute atomic E-state index is 0.0764. The van der Waals surface area contributed by atoms with Crippen LogP contribution in [0.1, 0.15) is 41.7 Å². The number of piperazine rings is 1. The molecule has 4 rings (SSSR count). The van der Waals surface area contributed by atoms with E-state index in [2.05, 4.69) is 35.0 Å². The number of aromatic nitrogens is 2. The first-order chi connectivity index (χ1) is 18.5. The number of nitrogens with one attached hydrogen (secondary N) is 2. The zero-order valence-corrected chi connectivity index (χ0v) is 21.2. The number of rotatable bonds is 11. The monoisotopic (exact) mass is 532 g/mol. The highest BCUT2D eigenvalue weighted by Gasteiger charge is 2.23. The van der Waals surface area contributed by atoms with Crippen molar-refractivity contribution in [1.82, 2.24) is 14.9 Å². The van der Waals surface area contributed by atoms with Crippen molar-refractivity contribution in [3.8, 4) is 0 Å². The van der Waals surface area contributed by atoms with Crippen molar-refractivity contribution in [3.05, 3.63) is 35.5 Å². The molecule has 2 aliphatic rings. The van der Waals surface area contributed by atoms with Gasteiger partial charge in [0.15, 0.2) is 0 Å². The van der Waals surface area contributed by atoms with Crippen molar-refractivity contribution in [2.45, 2.75) is 31.8 Å². The molecule has 2 aromatic rings. The lowest BCUT2D eigenvalue weighted by Crippen LogP contribution is -2.49. The molecule has 206 valence electrons. The number of halogens is 2. The number of benzene rings is 1. The molecule has 3 heterocycles. The van der Waals surface area contributed by atoms with Crippen LogP contribution in [-0.2, 0) is 9.88 Å². The molecule has 0 bridgehead atoms. The Morgan fingerprint density at radius 1 is 1.03 bits per heavy atom. The second-order valence-corrected chi connectivity index (χ2v) is 9.49. The van der Waals surface area contributed by atoms with Gasteiger partial charge in [-0.25, -0.2) is 4.98 Å². The van der Waals surface area contributed by atoms with E-state index in [9.17, 15) is 13.8 Å². The maximum absolute atomic E-state index is 12.5. The topological polar surface area (TPSA) is 133 Å². The Balaban J connectivity index is 1.45. The van der Waals surface area contributed by atoms with E-state index in [1.807, 2.05) is 29.2 Å². The number of nitrogens with two attached hydrogens (primary N) is 1.